The average Bonchev–Trinajstić information content (AvgIpc) is 3.03. The highest BCUT2D eigenvalue weighted by molar-refractivity contribution is 5.84. The Hall–Kier alpha value is -2.75. The first kappa shape index (κ1) is 17.6. The Kier molecular flexibility index (Phi) is 4.69. The summed E-state index contributed by atoms with van der Waals surface area (Å²) in [6, 6.07) is 6.80. The van der Waals surface area contributed by atoms with E-state index in [9.17, 15) is 13.6 Å². The van der Waals surface area contributed by atoms with Crippen LogP contribution >= 0.6 is 0 Å². The first-order valence-electron chi connectivity index (χ1n) is 7.21. The molecule has 1 aromatic carbocycles. The van der Waals surface area contributed by atoms with Crippen molar-refractivity contribution in [2.45, 2.75) is 33.2 Å². The highest BCUT2D eigenvalue weighted by Gasteiger charge is 2.32. The zero-order chi connectivity index (χ0) is 18.0. The maximum atomic E-state index is 13.1. The Morgan fingerprint density at radius 2 is 1.92 bits per heavy atom. The number of benzene rings is 1. The predicted molar refractivity (Wildman–Crippen MR) is 83.8 cm³/mol. The van der Waals surface area contributed by atoms with Crippen molar-refractivity contribution in [1.29, 1.82) is 0 Å². The molecule has 0 fully saturated rings. The quantitative estimate of drug-likeness (QED) is 0.854. The van der Waals surface area contributed by atoms with Crippen molar-refractivity contribution >= 4 is 5.91 Å². The van der Waals surface area contributed by atoms with Crippen LogP contribution in [0.5, 0.6) is 0 Å². The maximum absolute atomic E-state index is 13.1. The minimum absolute atomic E-state index is 0.0792. The van der Waals surface area contributed by atoms with Gasteiger partial charge in [0.15, 0.2) is 0 Å². The Balaban J connectivity index is 2.05. The van der Waals surface area contributed by atoms with E-state index in [0.717, 1.165) is 5.56 Å². The number of carbonyl (C=O) groups is 1. The largest absolute Gasteiger partial charge is 0.351 e. The van der Waals surface area contributed by atoms with Crippen LogP contribution < -0.4 is 5.32 Å². The fourth-order valence-electron chi connectivity index (χ4n) is 1.76. The van der Waals surface area contributed by atoms with Gasteiger partial charge < -0.3 is 9.84 Å². The normalized spacial score (nSPS) is 11.8. The smallest absolute Gasteiger partial charge is 0.322 e. The Morgan fingerprint density at radius 1 is 1.29 bits per heavy atom. The van der Waals surface area contributed by atoms with Gasteiger partial charge in [-0.15, -0.1) is 6.42 Å². The summed E-state index contributed by atoms with van der Waals surface area (Å²) in [7, 11) is 0. The molecular weight excluding hydrogens is 316 g/mol. The number of nitrogens with one attached hydrogen (secondary N) is 1. The summed E-state index contributed by atoms with van der Waals surface area (Å²) < 4.78 is 30.8. The summed E-state index contributed by atoms with van der Waals surface area (Å²) >= 11 is 0. The Morgan fingerprint density at radius 3 is 2.42 bits per heavy atom. The van der Waals surface area contributed by atoms with Gasteiger partial charge >= 0.3 is 5.92 Å². The summed E-state index contributed by atoms with van der Waals surface area (Å²) in [5, 5.41) is 6.29. The van der Waals surface area contributed by atoms with E-state index in [4.69, 9.17) is 6.42 Å². The van der Waals surface area contributed by atoms with Gasteiger partial charge in [0.1, 0.15) is 5.41 Å². The molecule has 2 rings (SSSR count). The zero-order valence-electron chi connectivity index (χ0n) is 13.6. The summed E-state index contributed by atoms with van der Waals surface area (Å²) in [5.41, 5.74) is 0.476. The summed E-state index contributed by atoms with van der Waals surface area (Å²) in [6.07, 6.45) is 5.31. The van der Waals surface area contributed by atoms with Crippen LogP contribution in [-0.2, 0) is 17.3 Å². The van der Waals surface area contributed by atoms with Crippen molar-refractivity contribution < 1.29 is 18.1 Å². The van der Waals surface area contributed by atoms with E-state index in [0.29, 0.717) is 19.0 Å². The van der Waals surface area contributed by atoms with Crippen LogP contribution in [0.15, 0.2) is 28.8 Å². The third-order valence-corrected chi connectivity index (χ3v) is 3.40. The van der Waals surface area contributed by atoms with Gasteiger partial charge in [-0.2, -0.15) is 13.8 Å². The number of amides is 1. The minimum atomic E-state index is -3.18. The van der Waals surface area contributed by atoms with Gasteiger partial charge in [0.2, 0.25) is 11.7 Å². The van der Waals surface area contributed by atoms with Crippen LogP contribution in [0, 0.1) is 17.8 Å². The van der Waals surface area contributed by atoms with Crippen molar-refractivity contribution in [3.05, 3.63) is 35.7 Å². The predicted octanol–water partition coefficient (Wildman–Crippen LogP) is 3.12. The standard InChI is InChI=1S/C17H17F2N3O2/c1-5-16(2,3)14(23)20-10-11-6-8-12(9-7-11)13-21-15(24-22-13)17(4,18)19/h1,6-9H,10H2,2-4H3,(H,20,23). The summed E-state index contributed by atoms with van der Waals surface area (Å²) in [5.74, 6) is -1.66. The number of terminal acetylenes is 1. The van der Waals surface area contributed by atoms with E-state index in [-0.39, 0.29) is 11.7 Å². The molecule has 0 spiro atoms. The number of hydrogen-bond donors (Lipinski definition) is 1. The fourth-order valence-corrected chi connectivity index (χ4v) is 1.76. The van der Waals surface area contributed by atoms with Gasteiger partial charge in [0.25, 0.3) is 5.89 Å². The van der Waals surface area contributed by atoms with Crippen LogP contribution in [-0.4, -0.2) is 16.0 Å². The first-order valence-corrected chi connectivity index (χ1v) is 7.21. The number of alkyl halides is 2. The SMILES string of the molecule is C#CC(C)(C)C(=O)NCc1ccc(-c2noc(C(C)(F)F)n2)cc1. The van der Waals surface area contributed by atoms with Gasteiger partial charge in [0, 0.05) is 19.0 Å². The Labute approximate surface area is 138 Å². The lowest BCUT2D eigenvalue weighted by molar-refractivity contribution is -0.126. The fraction of sp³-hybridized carbons (Fsp3) is 0.353. The molecule has 1 N–H and O–H groups in total. The number of halogens is 2. The van der Waals surface area contributed by atoms with E-state index < -0.39 is 17.2 Å². The van der Waals surface area contributed by atoms with Gasteiger partial charge in [-0.05, 0) is 19.4 Å². The second-order valence-electron chi connectivity index (χ2n) is 5.96. The van der Waals surface area contributed by atoms with Crippen LogP contribution in [0.3, 0.4) is 0 Å². The lowest BCUT2D eigenvalue weighted by atomic mass is 9.94. The molecule has 126 valence electrons. The van der Waals surface area contributed by atoms with Gasteiger partial charge in [-0.3, -0.25) is 4.79 Å². The molecule has 0 aliphatic heterocycles. The lowest BCUT2D eigenvalue weighted by Gasteiger charge is -2.16. The number of hydrogen-bond acceptors (Lipinski definition) is 4. The molecule has 1 heterocycles. The van der Waals surface area contributed by atoms with E-state index in [1.165, 1.54) is 0 Å². The molecule has 5 nitrogen and oxygen atoms in total. The summed E-state index contributed by atoms with van der Waals surface area (Å²) in [4.78, 5) is 15.6. The summed E-state index contributed by atoms with van der Waals surface area (Å²) in [6.45, 7) is 4.30. The van der Waals surface area contributed by atoms with Crippen LogP contribution in [0.1, 0.15) is 32.2 Å². The van der Waals surface area contributed by atoms with Gasteiger partial charge in [-0.1, -0.05) is 35.3 Å². The van der Waals surface area contributed by atoms with Crippen LogP contribution in [0.4, 0.5) is 8.78 Å². The number of aromatic nitrogens is 2. The van der Waals surface area contributed by atoms with E-state index >= 15 is 0 Å². The number of carbonyl (C=O) groups excluding carboxylic acids is 1. The third kappa shape index (κ3) is 3.96. The highest BCUT2D eigenvalue weighted by atomic mass is 19.3. The molecular formula is C17H17F2N3O2. The van der Waals surface area contributed by atoms with E-state index in [1.807, 2.05) is 0 Å². The van der Waals surface area contributed by atoms with Crippen molar-refractivity contribution in [1.82, 2.24) is 15.5 Å². The zero-order valence-corrected chi connectivity index (χ0v) is 13.6. The van der Waals surface area contributed by atoms with Gasteiger partial charge in [-0.25, -0.2) is 0 Å². The first-order chi connectivity index (χ1) is 11.1. The maximum Gasteiger partial charge on any atom is 0.322 e. The van der Waals surface area contributed by atoms with Crippen molar-refractivity contribution in [3.63, 3.8) is 0 Å². The van der Waals surface area contributed by atoms with Crippen molar-refractivity contribution in [3.8, 4) is 23.7 Å². The number of nitrogens with zero attached hydrogens (tertiary/aromatic N) is 2. The molecule has 24 heavy (non-hydrogen) atoms. The second-order valence-corrected chi connectivity index (χ2v) is 5.96. The van der Waals surface area contributed by atoms with Crippen LogP contribution in [0.25, 0.3) is 11.4 Å². The monoisotopic (exact) mass is 333 g/mol. The van der Waals surface area contributed by atoms with Gasteiger partial charge in [0.05, 0.1) is 0 Å². The Bertz CT molecular complexity index is 768. The van der Waals surface area contributed by atoms with Crippen molar-refractivity contribution in [2.75, 3.05) is 0 Å². The molecule has 0 aliphatic carbocycles. The molecule has 0 radical (unpaired) electrons. The number of rotatable bonds is 5. The topological polar surface area (TPSA) is 68.0 Å². The molecule has 2 aromatic rings. The molecule has 0 unspecified atom stereocenters. The molecule has 1 aromatic heterocycles. The highest BCUT2D eigenvalue weighted by Crippen LogP contribution is 2.27. The average molecular weight is 333 g/mol. The molecule has 0 atom stereocenters. The molecule has 0 aliphatic rings. The molecule has 1 amide bonds. The van der Waals surface area contributed by atoms with E-state index in [2.05, 4.69) is 25.9 Å². The van der Waals surface area contributed by atoms with E-state index in [1.54, 1.807) is 38.1 Å². The van der Waals surface area contributed by atoms with Crippen molar-refractivity contribution in [2.24, 2.45) is 5.41 Å². The molecule has 0 saturated heterocycles. The van der Waals surface area contributed by atoms with Crippen LogP contribution in [0.2, 0.25) is 0 Å². The second kappa shape index (κ2) is 6.40. The molecule has 7 heteroatoms. The minimum Gasteiger partial charge on any atom is -0.351 e. The molecule has 0 bridgehead atoms. The molecule has 0 saturated carbocycles. The third-order valence-electron chi connectivity index (χ3n) is 3.40. The lowest BCUT2D eigenvalue weighted by Crippen LogP contribution is -2.35.